The van der Waals surface area contributed by atoms with E-state index in [1.54, 1.807) is 18.2 Å². The third kappa shape index (κ3) is 3.45. The fraction of sp³-hybridized carbons (Fsp3) is 0.316. The Morgan fingerprint density at radius 1 is 1.04 bits per heavy atom. The summed E-state index contributed by atoms with van der Waals surface area (Å²) in [6, 6.07) is 9.29. The van der Waals surface area contributed by atoms with Crippen LogP contribution >= 0.6 is 0 Å². The van der Waals surface area contributed by atoms with Gasteiger partial charge in [0.1, 0.15) is 12.4 Å². The monoisotopic (exact) mass is 327 g/mol. The van der Waals surface area contributed by atoms with Crippen LogP contribution < -0.4 is 19.5 Å². The zero-order valence-corrected chi connectivity index (χ0v) is 14.1. The SMILES string of the molecule is Cc1cc(C)c(OCCNC(=O)c2ccc3c(c2)OCO3)cc1C. The van der Waals surface area contributed by atoms with E-state index in [0.717, 1.165) is 11.3 Å². The van der Waals surface area contributed by atoms with Gasteiger partial charge in [-0.25, -0.2) is 0 Å². The molecule has 1 amide bonds. The molecule has 3 rings (SSSR count). The predicted molar refractivity (Wildman–Crippen MR) is 91.0 cm³/mol. The molecule has 2 aromatic carbocycles. The van der Waals surface area contributed by atoms with Crippen molar-refractivity contribution in [3.8, 4) is 17.2 Å². The summed E-state index contributed by atoms with van der Waals surface area (Å²) in [5, 5.41) is 2.85. The Morgan fingerprint density at radius 2 is 1.79 bits per heavy atom. The smallest absolute Gasteiger partial charge is 0.251 e. The van der Waals surface area contributed by atoms with Gasteiger partial charge in [0.05, 0.1) is 6.54 Å². The summed E-state index contributed by atoms with van der Waals surface area (Å²) in [5.74, 6) is 1.97. The summed E-state index contributed by atoms with van der Waals surface area (Å²) >= 11 is 0. The topological polar surface area (TPSA) is 56.8 Å². The molecule has 0 radical (unpaired) electrons. The second kappa shape index (κ2) is 6.83. The second-order valence-corrected chi connectivity index (χ2v) is 5.87. The highest BCUT2D eigenvalue weighted by molar-refractivity contribution is 5.94. The quantitative estimate of drug-likeness (QED) is 0.857. The summed E-state index contributed by atoms with van der Waals surface area (Å²) < 4.78 is 16.3. The predicted octanol–water partition coefficient (Wildman–Crippen LogP) is 3.15. The maximum absolute atomic E-state index is 12.2. The first kappa shape index (κ1) is 16.2. The number of ether oxygens (including phenoxy) is 3. The van der Waals surface area contributed by atoms with Crippen LogP contribution in [0.3, 0.4) is 0 Å². The number of carbonyl (C=O) groups is 1. The number of rotatable bonds is 5. The maximum atomic E-state index is 12.2. The lowest BCUT2D eigenvalue weighted by Gasteiger charge is -2.12. The Kier molecular flexibility index (Phi) is 4.60. The molecule has 5 nitrogen and oxygen atoms in total. The highest BCUT2D eigenvalue weighted by atomic mass is 16.7. The molecular weight excluding hydrogens is 306 g/mol. The van der Waals surface area contributed by atoms with Crippen molar-refractivity contribution in [1.29, 1.82) is 0 Å². The Morgan fingerprint density at radius 3 is 2.62 bits per heavy atom. The van der Waals surface area contributed by atoms with E-state index in [2.05, 4.69) is 25.2 Å². The molecule has 1 aliphatic rings. The zero-order valence-electron chi connectivity index (χ0n) is 14.1. The molecule has 5 heteroatoms. The van der Waals surface area contributed by atoms with Crippen molar-refractivity contribution < 1.29 is 19.0 Å². The Bertz CT molecular complexity index is 770. The molecule has 0 spiro atoms. The number of aryl methyl sites for hydroxylation is 3. The van der Waals surface area contributed by atoms with Crippen molar-refractivity contribution in [2.24, 2.45) is 0 Å². The molecular formula is C19H21NO4. The summed E-state index contributed by atoms with van der Waals surface area (Å²) in [6.07, 6.45) is 0. The van der Waals surface area contributed by atoms with E-state index >= 15 is 0 Å². The van der Waals surface area contributed by atoms with Crippen LogP contribution in [0.5, 0.6) is 17.2 Å². The van der Waals surface area contributed by atoms with Gasteiger partial charge < -0.3 is 19.5 Å². The molecule has 0 unspecified atom stereocenters. The highest BCUT2D eigenvalue weighted by Gasteiger charge is 2.16. The summed E-state index contributed by atoms with van der Waals surface area (Å²) in [4.78, 5) is 12.2. The molecule has 24 heavy (non-hydrogen) atoms. The van der Waals surface area contributed by atoms with E-state index in [-0.39, 0.29) is 12.7 Å². The van der Waals surface area contributed by atoms with Crippen LogP contribution in [0.4, 0.5) is 0 Å². The molecule has 0 aromatic heterocycles. The fourth-order valence-electron chi connectivity index (χ4n) is 2.55. The van der Waals surface area contributed by atoms with Crippen molar-refractivity contribution >= 4 is 5.91 Å². The number of nitrogens with one attached hydrogen (secondary N) is 1. The van der Waals surface area contributed by atoms with Gasteiger partial charge in [-0.1, -0.05) is 6.07 Å². The minimum atomic E-state index is -0.159. The van der Waals surface area contributed by atoms with Gasteiger partial charge in [-0.3, -0.25) is 4.79 Å². The summed E-state index contributed by atoms with van der Waals surface area (Å²) in [7, 11) is 0. The molecule has 1 aliphatic heterocycles. The maximum Gasteiger partial charge on any atom is 0.251 e. The van der Waals surface area contributed by atoms with Gasteiger partial charge in [0.15, 0.2) is 11.5 Å². The molecule has 0 aliphatic carbocycles. The Hall–Kier alpha value is -2.69. The number of benzene rings is 2. The first-order chi connectivity index (χ1) is 11.5. The summed E-state index contributed by atoms with van der Waals surface area (Å²) in [5.41, 5.74) is 4.08. The van der Waals surface area contributed by atoms with Crippen molar-refractivity contribution in [3.63, 3.8) is 0 Å². The van der Waals surface area contributed by atoms with Crippen molar-refractivity contribution in [1.82, 2.24) is 5.32 Å². The molecule has 126 valence electrons. The zero-order chi connectivity index (χ0) is 17.1. The fourth-order valence-corrected chi connectivity index (χ4v) is 2.55. The van der Waals surface area contributed by atoms with Gasteiger partial charge in [-0.2, -0.15) is 0 Å². The van der Waals surface area contributed by atoms with E-state index in [9.17, 15) is 4.79 Å². The van der Waals surface area contributed by atoms with Gasteiger partial charge in [-0.05, 0) is 61.7 Å². The lowest BCUT2D eigenvalue weighted by molar-refractivity contribution is 0.0946. The standard InChI is InChI=1S/C19H21NO4/c1-12-8-14(3)17(9-13(12)2)22-7-6-20-19(21)15-4-5-16-18(10-15)24-11-23-16/h4-5,8-10H,6-7,11H2,1-3H3,(H,20,21). The Labute approximate surface area is 141 Å². The largest absolute Gasteiger partial charge is 0.491 e. The van der Waals surface area contributed by atoms with Crippen LogP contribution in [-0.4, -0.2) is 25.9 Å². The van der Waals surface area contributed by atoms with Crippen LogP contribution in [0.1, 0.15) is 27.0 Å². The third-order valence-corrected chi connectivity index (χ3v) is 4.07. The second-order valence-electron chi connectivity index (χ2n) is 5.87. The third-order valence-electron chi connectivity index (χ3n) is 4.07. The number of hydrogen-bond donors (Lipinski definition) is 1. The minimum absolute atomic E-state index is 0.159. The minimum Gasteiger partial charge on any atom is -0.491 e. The molecule has 1 heterocycles. The van der Waals surface area contributed by atoms with E-state index in [4.69, 9.17) is 14.2 Å². The number of amides is 1. The van der Waals surface area contributed by atoms with Gasteiger partial charge >= 0.3 is 0 Å². The van der Waals surface area contributed by atoms with E-state index in [1.165, 1.54) is 11.1 Å². The van der Waals surface area contributed by atoms with Crippen molar-refractivity contribution in [2.75, 3.05) is 19.9 Å². The average molecular weight is 327 g/mol. The lowest BCUT2D eigenvalue weighted by atomic mass is 10.1. The van der Waals surface area contributed by atoms with Gasteiger partial charge in [0.2, 0.25) is 6.79 Å². The number of fused-ring (bicyclic) bond motifs is 1. The Balaban J connectivity index is 1.51. The normalized spacial score (nSPS) is 12.1. The van der Waals surface area contributed by atoms with Crippen LogP contribution in [0.2, 0.25) is 0 Å². The number of carbonyl (C=O) groups excluding carboxylic acids is 1. The van der Waals surface area contributed by atoms with Gasteiger partial charge in [-0.15, -0.1) is 0 Å². The van der Waals surface area contributed by atoms with E-state index in [1.807, 2.05) is 13.0 Å². The van der Waals surface area contributed by atoms with E-state index < -0.39 is 0 Å². The van der Waals surface area contributed by atoms with Crippen LogP contribution in [0.25, 0.3) is 0 Å². The first-order valence-corrected chi connectivity index (χ1v) is 7.93. The number of hydrogen-bond acceptors (Lipinski definition) is 4. The van der Waals surface area contributed by atoms with Crippen molar-refractivity contribution in [2.45, 2.75) is 20.8 Å². The molecule has 0 saturated heterocycles. The molecule has 0 fully saturated rings. The van der Waals surface area contributed by atoms with E-state index in [0.29, 0.717) is 30.2 Å². The first-order valence-electron chi connectivity index (χ1n) is 7.93. The van der Waals surface area contributed by atoms with Gasteiger partial charge in [0.25, 0.3) is 5.91 Å². The van der Waals surface area contributed by atoms with Crippen LogP contribution in [-0.2, 0) is 0 Å². The summed E-state index contributed by atoms with van der Waals surface area (Å²) in [6.45, 7) is 7.20. The molecule has 0 bridgehead atoms. The average Bonchev–Trinajstić information content (AvgIpc) is 3.03. The highest BCUT2D eigenvalue weighted by Crippen LogP contribution is 2.32. The lowest BCUT2D eigenvalue weighted by Crippen LogP contribution is -2.28. The molecule has 2 aromatic rings. The van der Waals surface area contributed by atoms with Crippen molar-refractivity contribution in [3.05, 3.63) is 52.6 Å². The molecule has 0 atom stereocenters. The van der Waals surface area contributed by atoms with Crippen LogP contribution in [0, 0.1) is 20.8 Å². The van der Waals surface area contributed by atoms with Gasteiger partial charge in [0, 0.05) is 5.56 Å². The molecule has 0 saturated carbocycles. The van der Waals surface area contributed by atoms with Crippen LogP contribution in [0.15, 0.2) is 30.3 Å². The molecule has 1 N–H and O–H groups in total.